The fourth-order valence-corrected chi connectivity index (χ4v) is 4.55. The molecule has 1 saturated carbocycles. The standard InChI is InChI=1S/C21H29NO3/c1-3-15-9-11-17(12-10-15)20(23)22-14-13-18(19(22)21(24)25-2)16-7-5-4-6-8-16/h4-8,15,17-19H,3,9-14H2,1-2H3/t15?,17?,18-,19-/m0/s1. The first kappa shape index (κ1) is 18.0. The van der Waals surface area contributed by atoms with E-state index in [1.165, 1.54) is 13.5 Å². The van der Waals surface area contributed by atoms with Gasteiger partial charge in [0.1, 0.15) is 6.04 Å². The number of likely N-dealkylation sites (tertiary alicyclic amines) is 1. The van der Waals surface area contributed by atoms with Gasteiger partial charge in [0.25, 0.3) is 0 Å². The molecule has 0 N–H and O–H groups in total. The van der Waals surface area contributed by atoms with Gasteiger partial charge in [0.05, 0.1) is 7.11 Å². The molecule has 1 aromatic rings. The SMILES string of the molecule is CCC1CCC(C(=O)N2CC[C@@H](c3ccccc3)[C@H]2C(=O)OC)CC1. The Morgan fingerprint density at radius 1 is 1.08 bits per heavy atom. The molecule has 2 atom stereocenters. The van der Waals surface area contributed by atoms with Crippen molar-refractivity contribution < 1.29 is 14.3 Å². The van der Waals surface area contributed by atoms with Crippen LogP contribution in [0.25, 0.3) is 0 Å². The van der Waals surface area contributed by atoms with Gasteiger partial charge in [-0.15, -0.1) is 0 Å². The Hall–Kier alpha value is -1.84. The number of amides is 1. The number of rotatable bonds is 4. The van der Waals surface area contributed by atoms with Crippen LogP contribution in [0.1, 0.15) is 56.9 Å². The van der Waals surface area contributed by atoms with E-state index in [4.69, 9.17) is 4.74 Å². The lowest BCUT2D eigenvalue weighted by molar-refractivity contribution is -0.153. The van der Waals surface area contributed by atoms with E-state index in [0.717, 1.165) is 43.6 Å². The molecule has 1 amide bonds. The average Bonchev–Trinajstić information content (AvgIpc) is 3.12. The second-order valence-electron chi connectivity index (χ2n) is 7.43. The highest BCUT2D eigenvalue weighted by molar-refractivity contribution is 5.87. The van der Waals surface area contributed by atoms with Gasteiger partial charge < -0.3 is 9.64 Å². The summed E-state index contributed by atoms with van der Waals surface area (Å²) < 4.78 is 5.06. The van der Waals surface area contributed by atoms with Crippen LogP contribution < -0.4 is 0 Å². The second-order valence-corrected chi connectivity index (χ2v) is 7.43. The maximum atomic E-state index is 13.1. The fourth-order valence-electron chi connectivity index (χ4n) is 4.55. The molecule has 2 fully saturated rings. The molecule has 1 aliphatic carbocycles. The van der Waals surface area contributed by atoms with Gasteiger partial charge >= 0.3 is 5.97 Å². The number of hydrogen-bond acceptors (Lipinski definition) is 3. The van der Waals surface area contributed by atoms with Crippen LogP contribution in [0, 0.1) is 11.8 Å². The molecule has 0 bridgehead atoms. The van der Waals surface area contributed by atoms with Crippen LogP contribution in [0.2, 0.25) is 0 Å². The number of carbonyl (C=O) groups excluding carboxylic acids is 2. The van der Waals surface area contributed by atoms with E-state index >= 15 is 0 Å². The summed E-state index contributed by atoms with van der Waals surface area (Å²) >= 11 is 0. The zero-order valence-electron chi connectivity index (χ0n) is 15.3. The predicted octanol–water partition coefficient (Wildman–Crippen LogP) is 3.76. The molecule has 136 valence electrons. The molecular weight excluding hydrogens is 314 g/mol. The van der Waals surface area contributed by atoms with Gasteiger partial charge in [-0.1, -0.05) is 43.7 Å². The lowest BCUT2D eigenvalue weighted by Crippen LogP contribution is -2.46. The maximum Gasteiger partial charge on any atom is 0.329 e. The summed E-state index contributed by atoms with van der Waals surface area (Å²) in [5.41, 5.74) is 1.11. The van der Waals surface area contributed by atoms with Crippen molar-refractivity contribution in [3.05, 3.63) is 35.9 Å². The fraction of sp³-hybridized carbons (Fsp3) is 0.619. The van der Waals surface area contributed by atoms with E-state index in [1.54, 1.807) is 4.90 Å². The van der Waals surface area contributed by atoms with Gasteiger partial charge in [0.2, 0.25) is 5.91 Å². The molecule has 0 radical (unpaired) electrons. The number of nitrogens with zero attached hydrogens (tertiary/aromatic N) is 1. The third-order valence-electron chi connectivity index (χ3n) is 6.12. The zero-order valence-corrected chi connectivity index (χ0v) is 15.3. The topological polar surface area (TPSA) is 46.6 Å². The van der Waals surface area contributed by atoms with Gasteiger partial charge in [-0.3, -0.25) is 4.79 Å². The van der Waals surface area contributed by atoms with Crippen LogP contribution in [-0.4, -0.2) is 36.5 Å². The lowest BCUT2D eigenvalue weighted by atomic mass is 9.80. The Kier molecular flexibility index (Phi) is 5.77. The Labute approximate surface area is 150 Å². The van der Waals surface area contributed by atoms with E-state index < -0.39 is 6.04 Å². The van der Waals surface area contributed by atoms with Crippen molar-refractivity contribution in [3.8, 4) is 0 Å². The summed E-state index contributed by atoms with van der Waals surface area (Å²) in [7, 11) is 1.41. The van der Waals surface area contributed by atoms with Gasteiger partial charge in [-0.25, -0.2) is 4.79 Å². The Bertz CT molecular complexity index is 592. The molecule has 4 heteroatoms. The molecule has 1 saturated heterocycles. The van der Waals surface area contributed by atoms with Crippen molar-refractivity contribution in [2.75, 3.05) is 13.7 Å². The normalized spacial score (nSPS) is 29.4. The third kappa shape index (κ3) is 3.73. The molecule has 1 aromatic carbocycles. The van der Waals surface area contributed by atoms with E-state index in [1.807, 2.05) is 30.3 Å². The summed E-state index contributed by atoms with van der Waals surface area (Å²) in [5.74, 6) is 0.732. The quantitative estimate of drug-likeness (QED) is 0.782. The molecule has 0 spiro atoms. The number of benzene rings is 1. The minimum Gasteiger partial charge on any atom is -0.467 e. The number of hydrogen-bond donors (Lipinski definition) is 0. The Balaban J connectivity index is 1.76. The molecule has 1 heterocycles. The maximum absolute atomic E-state index is 13.1. The van der Waals surface area contributed by atoms with Crippen LogP contribution in [0.4, 0.5) is 0 Å². The molecule has 1 aliphatic heterocycles. The van der Waals surface area contributed by atoms with E-state index in [9.17, 15) is 9.59 Å². The number of esters is 1. The number of ether oxygens (including phenoxy) is 1. The van der Waals surface area contributed by atoms with Crippen molar-refractivity contribution in [1.82, 2.24) is 4.90 Å². The first-order valence-corrected chi connectivity index (χ1v) is 9.59. The predicted molar refractivity (Wildman–Crippen MR) is 97.1 cm³/mol. The first-order chi connectivity index (χ1) is 12.2. The average molecular weight is 343 g/mol. The second kappa shape index (κ2) is 8.03. The van der Waals surface area contributed by atoms with E-state index in [-0.39, 0.29) is 23.7 Å². The molecule has 3 rings (SSSR count). The zero-order chi connectivity index (χ0) is 17.8. The van der Waals surface area contributed by atoms with Crippen molar-refractivity contribution >= 4 is 11.9 Å². The summed E-state index contributed by atoms with van der Waals surface area (Å²) in [6.07, 6.45) is 6.19. The van der Waals surface area contributed by atoms with Crippen LogP contribution in [0.15, 0.2) is 30.3 Å². The largest absolute Gasteiger partial charge is 0.467 e. The van der Waals surface area contributed by atoms with Crippen molar-refractivity contribution in [2.45, 2.75) is 57.4 Å². The highest BCUT2D eigenvalue weighted by Crippen LogP contribution is 2.38. The number of carbonyl (C=O) groups is 2. The monoisotopic (exact) mass is 343 g/mol. The Morgan fingerprint density at radius 2 is 1.76 bits per heavy atom. The summed E-state index contributed by atoms with van der Waals surface area (Å²) in [6, 6.07) is 9.55. The summed E-state index contributed by atoms with van der Waals surface area (Å²) in [4.78, 5) is 27.4. The van der Waals surface area contributed by atoms with Crippen molar-refractivity contribution in [2.24, 2.45) is 11.8 Å². The first-order valence-electron chi connectivity index (χ1n) is 9.59. The summed E-state index contributed by atoms with van der Waals surface area (Å²) in [5, 5.41) is 0. The minimum absolute atomic E-state index is 0.0320. The highest BCUT2D eigenvalue weighted by atomic mass is 16.5. The molecule has 4 nitrogen and oxygen atoms in total. The van der Waals surface area contributed by atoms with Crippen molar-refractivity contribution in [3.63, 3.8) is 0 Å². The van der Waals surface area contributed by atoms with E-state index in [2.05, 4.69) is 6.92 Å². The van der Waals surface area contributed by atoms with Crippen molar-refractivity contribution in [1.29, 1.82) is 0 Å². The molecule has 25 heavy (non-hydrogen) atoms. The summed E-state index contributed by atoms with van der Waals surface area (Å²) in [6.45, 7) is 2.87. The smallest absolute Gasteiger partial charge is 0.329 e. The van der Waals surface area contributed by atoms with Crippen LogP contribution in [-0.2, 0) is 14.3 Å². The molecule has 2 aliphatic rings. The van der Waals surface area contributed by atoms with Gasteiger partial charge in [-0.2, -0.15) is 0 Å². The molecule has 0 aromatic heterocycles. The number of methoxy groups -OCH3 is 1. The third-order valence-corrected chi connectivity index (χ3v) is 6.12. The molecule has 0 unspecified atom stereocenters. The van der Waals surface area contributed by atoms with Gasteiger partial charge in [0.15, 0.2) is 0 Å². The van der Waals surface area contributed by atoms with Crippen LogP contribution >= 0.6 is 0 Å². The molecular formula is C21H29NO3. The minimum atomic E-state index is -0.483. The van der Waals surface area contributed by atoms with Gasteiger partial charge in [-0.05, 0) is 43.6 Å². The van der Waals surface area contributed by atoms with Crippen LogP contribution in [0.5, 0.6) is 0 Å². The highest BCUT2D eigenvalue weighted by Gasteiger charge is 2.45. The lowest BCUT2D eigenvalue weighted by Gasteiger charge is -2.33. The van der Waals surface area contributed by atoms with Crippen LogP contribution in [0.3, 0.4) is 0 Å². The Morgan fingerprint density at radius 3 is 2.36 bits per heavy atom. The van der Waals surface area contributed by atoms with E-state index in [0.29, 0.717) is 6.54 Å². The van der Waals surface area contributed by atoms with Gasteiger partial charge in [0, 0.05) is 18.4 Å².